The van der Waals surface area contributed by atoms with E-state index in [9.17, 15) is 24.6 Å². The van der Waals surface area contributed by atoms with E-state index in [1.165, 1.54) is 39.1 Å². The van der Waals surface area contributed by atoms with Crippen LogP contribution in [0.5, 0.6) is 0 Å². The molecule has 6 N–H and O–H groups in total. The van der Waals surface area contributed by atoms with Gasteiger partial charge < -0.3 is 31.5 Å². The molecular formula is C100H167N21O5. The van der Waals surface area contributed by atoms with Gasteiger partial charge in [-0.15, -0.1) is 0 Å². The third kappa shape index (κ3) is 39.2. The minimum Gasteiger partial charge on any atom is -0.392 e. The minimum absolute atomic E-state index is 0.0930. The largest absolute Gasteiger partial charge is 0.392 e. The second kappa shape index (κ2) is 50.2. The Kier molecular flexibility index (Phi) is 42.2. The number of hydrogen-bond donors (Lipinski definition) is 5. The van der Waals surface area contributed by atoms with Crippen LogP contribution in [0.2, 0.25) is 0 Å². The molecule has 6 aromatic heterocycles. The molecule has 3 amide bonds. The van der Waals surface area contributed by atoms with E-state index in [-0.39, 0.29) is 62.4 Å². The third-order valence-electron chi connectivity index (χ3n) is 23.9. The van der Waals surface area contributed by atoms with Crippen LogP contribution in [-0.4, -0.2) is 339 Å². The lowest BCUT2D eigenvalue weighted by atomic mass is 9.91. The van der Waals surface area contributed by atoms with Gasteiger partial charge in [0.25, 0.3) is 0 Å². The lowest BCUT2D eigenvalue weighted by molar-refractivity contribution is -0.130. The Morgan fingerprint density at radius 3 is 0.810 bits per heavy atom. The molecule has 6 fully saturated rings. The van der Waals surface area contributed by atoms with Crippen LogP contribution in [0.15, 0.2) is 110 Å². The normalized spacial score (nSPS) is 18.9. The van der Waals surface area contributed by atoms with Crippen molar-refractivity contribution in [3.63, 3.8) is 0 Å². The summed E-state index contributed by atoms with van der Waals surface area (Å²) in [5.74, 6) is 0.0289. The molecule has 12 heterocycles. The SMILES string of the molecule is CC(C)(C)c1ccc(CN2CCN(CC(N)=O)CC2)cn1.CN(C)C(=O)CN1CCN(Cc2ccc(C(C)(C)C)nc2)CC1.CNC(=O)CN1CCN(Cc2ccc(C(C)(C)C)nc2)CC1.C[C@@H](O)CN1CCN(Cc2ccc(C(C)(C)C)nc2)CC1.C[C@@H]1CNCCN1Cc1ccc(C(C)(C)C)nc1.C[C@H](O)CN1CCN(Cc2ccc(C(C)(C)C)nc2)CC1. The number of likely N-dealkylation sites (N-methyl/N-ethyl adjacent to an activating group) is 2. The first-order valence-corrected chi connectivity index (χ1v) is 46.6. The third-order valence-corrected chi connectivity index (χ3v) is 23.9. The molecule has 0 spiro atoms. The van der Waals surface area contributed by atoms with Crippen LogP contribution in [0.4, 0.5) is 0 Å². The number of primary amides is 1. The molecule has 6 saturated heterocycles. The van der Waals surface area contributed by atoms with Gasteiger partial charge in [-0.1, -0.05) is 161 Å². The summed E-state index contributed by atoms with van der Waals surface area (Å²) in [5, 5.41) is 25.0. The van der Waals surface area contributed by atoms with Crippen molar-refractivity contribution in [3.05, 3.63) is 178 Å². The van der Waals surface area contributed by atoms with E-state index >= 15 is 0 Å². The molecule has 126 heavy (non-hydrogen) atoms. The number of aliphatic hydroxyl groups is 2. The molecule has 0 aliphatic carbocycles. The van der Waals surface area contributed by atoms with Gasteiger partial charge in [-0.3, -0.25) is 98.2 Å². The minimum atomic E-state index is -0.245. The highest BCUT2D eigenvalue weighted by Gasteiger charge is 2.28. The summed E-state index contributed by atoms with van der Waals surface area (Å²) in [4.78, 5) is 89.2. The van der Waals surface area contributed by atoms with E-state index in [1.807, 2.05) is 65.1 Å². The fraction of sp³-hybridized carbons (Fsp3) is 0.670. The number of nitrogens with two attached hydrogens (primary N) is 1. The number of carbonyl (C=O) groups excluding carboxylic acids is 3. The van der Waals surface area contributed by atoms with Gasteiger partial charge in [0.1, 0.15) is 0 Å². The van der Waals surface area contributed by atoms with Gasteiger partial charge in [0.15, 0.2) is 0 Å². The lowest BCUT2D eigenvalue weighted by Gasteiger charge is -2.35. The van der Waals surface area contributed by atoms with Crippen LogP contribution in [-0.2, 0) is 86.1 Å². The number of β-amino-alcohol motifs (C(OH)–C–C–N with tert-alkyl or cyclic N) is 2. The van der Waals surface area contributed by atoms with Crippen LogP contribution < -0.4 is 16.4 Å². The van der Waals surface area contributed by atoms with Gasteiger partial charge >= 0.3 is 0 Å². The molecule has 6 aliphatic rings. The second-order valence-corrected chi connectivity index (χ2v) is 42.3. The number of carbonyl (C=O) groups is 3. The zero-order valence-corrected chi connectivity index (χ0v) is 82.4. The fourth-order valence-electron chi connectivity index (χ4n) is 15.6. The first-order valence-electron chi connectivity index (χ1n) is 46.6. The van der Waals surface area contributed by atoms with Gasteiger partial charge in [-0.05, 0) is 90.6 Å². The molecule has 0 aromatic carbocycles. The van der Waals surface area contributed by atoms with Crippen LogP contribution in [0.25, 0.3) is 0 Å². The Bertz CT molecular complexity index is 3990. The second-order valence-electron chi connectivity index (χ2n) is 42.3. The highest BCUT2D eigenvalue weighted by Crippen LogP contribution is 2.27. The van der Waals surface area contributed by atoms with E-state index in [4.69, 9.17) is 5.73 Å². The fourth-order valence-corrected chi connectivity index (χ4v) is 15.6. The summed E-state index contributed by atoms with van der Waals surface area (Å²) in [6.45, 7) is 77.3. The molecule has 12 rings (SSSR count). The number of nitrogens with one attached hydrogen (secondary N) is 2. The summed E-state index contributed by atoms with van der Waals surface area (Å²) < 4.78 is 0. The van der Waals surface area contributed by atoms with Crippen molar-refractivity contribution in [3.8, 4) is 0 Å². The Hall–Kier alpha value is -7.25. The zero-order valence-electron chi connectivity index (χ0n) is 82.4. The van der Waals surface area contributed by atoms with Gasteiger partial charge in [0.05, 0.1) is 31.8 Å². The summed E-state index contributed by atoms with van der Waals surface area (Å²) in [7, 11) is 5.31. The molecule has 26 heteroatoms. The topological polar surface area (TPSA) is 258 Å². The first-order chi connectivity index (χ1) is 59.1. The molecule has 3 atom stereocenters. The van der Waals surface area contributed by atoms with E-state index in [1.54, 1.807) is 11.9 Å². The number of aliphatic hydroxyl groups excluding tert-OH is 2. The monoisotopic (exact) mass is 1740 g/mol. The average molecular weight is 1740 g/mol. The number of rotatable bonds is 22. The summed E-state index contributed by atoms with van der Waals surface area (Å²) in [5.41, 5.74) is 20.4. The van der Waals surface area contributed by atoms with Crippen molar-refractivity contribution in [1.29, 1.82) is 0 Å². The van der Waals surface area contributed by atoms with Crippen LogP contribution in [0.1, 0.15) is 213 Å². The maximum atomic E-state index is 11.8. The van der Waals surface area contributed by atoms with Crippen molar-refractivity contribution < 1.29 is 24.6 Å². The Morgan fingerprint density at radius 1 is 0.373 bits per heavy atom. The van der Waals surface area contributed by atoms with Crippen molar-refractivity contribution in [2.75, 3.05) is 204 Å². The Balaban J connectivity index is 0.000000208. The predicted molar refractivity (Wildman–Crippen MR) is 514 cm³/mol. The van der Waals surface area contributed by atoms with E-state index in [0.29, 0.717) is 25.7 Å². The van der Waals surface area contributed by atoms with Crippen molar-refractivity contribution in [1.82, 2.24) is 99.3 Å². The molecule has 0 unspecified atom stereocenters. The number of piperazine rings is 6. The molecule has 6 aliphatic heterocycles. The van der Waals surface area contributed by atoms with Crippen LogP contribution >= 0.6 is 0 Å². The Morgan fingerprint density at radius 2 is 0.603 bits per heavy atom. The molecule has 0 radical (unpaired) electrons. The lowest BCUT2D eigenvalue weighted by Crippen LogP contribution is -2.49. The van der Waals surface area contributed by atoms with Crippen LogP contribution in [0.3, 0.4) is 0 Å². The van der Waals surface area contributed by atoms with Gasteiger partial charge in [-0.25, -0.2) is 0 Å². The highest BCUT2D eigenvalue weighted by molar-refractivity contribution is 5.78. The molecule has 0 saturated carbocycles. The molecule has 6 aromatic rings. The highest BCUT2D eigenvalue weighted by atomic mass is 16.3. The molecular weight excluding hydrogens is 1580 g/mol. The van der Waals surface area contributed by atoms with E-state index in [2.05, 4.69) is 299 Å². The van der Waals surface area contributed by atoms with Gasteiger partial charge in [0.2, 0.25) is 17.7 Å². The zero-order chi connectivity index (χ0) is 92.7. The van der Waals surface area contributed by atoms with Crippen molar-refractivity contribution in [2.24, 2.45) is 5.73 Å². The molecule has 26 nitrogen and oxygen atoms in total. The molecule has 0 bridgehead atoms. The average Bonchev–Trinajstić information content (AvgIpc) is 0.460. The number of hydrogen-bond acceptors (Lipinski definition) is 23. The van der Waals surface area contributed by atoms with E-state index < -0.39 is 0 Å². The number of nitrogens with zero attached hydrogens (tertiary/aromatic N) is 18. The summed E-state index contributed by atoms with van der Waals surface area (Å²) >= 11 is 0. The Labute approximate surface area is 760 Å². The number of aromatic nitrogens is 6. The van der Waals surface area contributed by atoms with Gasteiger partial charge in [-0.2, -0.15) is 0 Å². The molecule has 702 valence electrons. The van der Waals surface area contributed by atoms with Crippen molar-refractivity contribution >= 4 is 17.7 Å². The summed E-state index contributed by atoms with van der Waals surface area (Å²) in [6.07, 6.45) is 11.6. The first kappa shape index (κ1) is 106. The maximum absolute atomic E-state index is 11.8. The predicted octanol–water partition coefficient (Wildman–Crippen LogP) is 9.74. The van der Waals surface area contributed by atoms with Crippen molar-refractivity contribution in [2.45, 2.75) is 235 Å². The van der Waals surface area contributed by atoms with Crippen LogP contribution in [0, 0.1) is 0 Å². The van der Waals surface area contributed by atoms with Gasteiger partial charge in [0, 0.05) is 334 Å². The quantitative estimate of drug-likeness (QED) is 0.0424. The summed E-state index contributed by atoms with van der Waals surface area (Å²) in [6, 6.07) is 26.7. The van der Waals surface area contributed by atoms with E-state index in [0.717, 1.165) is 231 Å². The standard InChI is InChI=1S/C18H30N4O.C17H28N4O.2C17H29N3O.C16H26N4O.C15H25N3/c1-18(2,3)16-7-6-15(12-19-16)13-21-8-10-22(11-9-21)14-17(23)20(4)5;1-17(2,3)15-6-5-14(11-19-15)12-20-7-9-21(10-8-20)13-16(22)18-4;2*1-14(21)12-19-7-9-20(10-8-19)13-15-5-6-16(18-11-15)17(2,3)4;1-16(2,3)14-5-4-13(10-18-14)11-19-6-8-20(9-7-19)12-15(17)21;1-12-9-16-7-8-18(12)11-13-5-6-14(17-10-13)15(2,3)4/h6-7,12H,8-11,13-14H2,1-5H3;5-6,11H,7-10,12-13H2,1-4H3,(H,18,22);2*5-6,11,14,21H,7-10,12-13H2,1-4H3;4-5,10H,6-9,11-12H2,1-3H3,(H2,17,21);5-6,10,12,16H,7-9,11H2,1-4H3/t;;2*14-;;12-/m..10.1/s1. The smallest absolute Gasteiger partial charge is 0.236 e. The maximum Gasteiger partial charge on any atom is 0.236 e. The number of pyridine rings is 6. The number of amides is 3.